The Balaban J connectivity index is 2.29. The maximum atomic E-state index is 12.5. The topological polar surface area (TPSA) is 49.7 Å². The number of methoxy groups -OCH3 is 1. The first-order chi connectivity index (χ1) is 9.82. The molecule has 0 aliphatic rings. The number of ether oxygens (including phenoxy) is 1. The largest absolute Gasteiger partial charge is 0.504 e. The Bertz CT molecular complexity index is 626. The lowest BCUT2D eigenvalue weighted by molar-refractivity contribution is -0.137. The summed E-state index contributed by atoms with van der Waals surface area (Å²) >= 11 is -1.41. The zero-order valence-corrected chi connectivity index (χ0v) is 11.7. The number of aromatic hydroxyl groups is 1. The summed E-state index contributed by atoms with van der Waals surface area (Å²) in [5.74, 6) is 0.108. The second-order valence-electron chi connectivity index (χ2n) is 4.14. The Morgan fingerprint density at radius 3 is 2.10 bits per heavy atom. The van der Waals surface area contributed by atoms with Crippen molar-refractivity contribution in [3.8, 4) is 11.5 Å². The second kappa shape index (κ2) is 5.87. The molecule has 0 radical (unpaired) electrons. The molecule has 112 valence electrons. The van der Waals surface area contributed by atoms with Crippen molar-refractivity contribution in [1.82, 2.24) is 0 Å². The summed E-state index contributed by atoms with van der Waals surface area (Å²) in [7, 11) is 1.37. The van der Waals surface area contributed by atoms with E-state index < -0.39 is 22.9 Å². The minimum Gasteiger partial charge on any atom is -0.504 e. The van der Waals surface area contributed by atoms with Crippen LogP contribution in [0.1, 0.15) is 5.56 Å². The van der Waals surface area contributed by atoms with Crippen LogP contribution < -0.4 is 4.74 Å². The molecule has 0 saturated carbocycles. The fraction of sp³-hybridized carbons (Fsp3) is 0.143. The van der Waals surface area contributed by atoms with Gasteiger partial charge in [-0.1, -0.05) is 0 Å². The van der Waals surface area contributed by atoms with Gasteiger partial charge in [-0.3, -0.25) is 0 Å². The van der Waals surface area contributed by atoms with Gasteiger partial charge in [-0.25, -0.2) is 0 Å². The molecule has 0 aromatic heterocycles. The summed E-state index contributed by atoms with van der Waals surface area (Å²) in [6.45, 7) is 0. The lowest BCUT2D eigenvalue weighted by atomic mass is 10.2. The molecule has 0 fully saturated rings. The van der Waals surface area contributed by atoms with E-state index in [-0.39, 0.29) is 11.5 Å². The molecular formula is C14H12F3O3S+. The zero-order chi connectivity index (χ0) is 15.6. The van der Waals surface area contributed by atoms with E-state index in [9.17, 15) is 22.8 Å². The summed E-state index contributed by atoms with van der Waals surface area (Å²) in [4.78, 5) is 0.778. The van der Waals surface area contributed by atoms with Crippen LogP contribution >= 0.6 is 0 Å². The molecule has 21 heavy (non-hydrogen) atoms. The third-order valence-corrected chi connectivity index (χ3v) is 4.20. The first-order valence-corrected chi connectivity index (χ1v) is 6.98. The van der Waals surface area contributed by atoms with Crippen molar-refractivity contribution in [1.29, 1.82) is 0 Å². The summed E-state index contributed by atoms with van der Waals surface area (Å²) in [5.41, 5.74) is -0.772. The fourth-order valence-electron chi connectivity index (χ4n) is 1.69. The van der Waals surface area contributed by atoms with Crippen LogP contribution in [-0.4, -0.2) is 16.8 Å². The SMILES string of the molecule is COc1cc([S+](O)c2ccc(C(F)(F)F)cc2)ccc1O. The van der Waals surface area contributed by atoms with Crippen LogP contribution in [0.4, 0.5) is 13.2 Å². The average Bonchev–Trinajstić information content (AvgIpc) is 2.46. The smallest absolute Gasteiger partial charge is 0.416 e. The monoisotopic (exact) mass is 317 g/mol. The Morgan fingerprint density at radius 1 is 1.00 bits per heavy atom. The maximum Gasteiger partial charge on any atom is 0.416 e. The van der Waals surface area contributed by atoms with E-state index in [1.165, 1.54) is 37.4 Å². The molecule has 3 nitrogen and oxygen atoms in total. The van der Waals surface area contributed by atoms with E-state index in [2.05, 4.69) is 0 Å². The molecule has 0 saturated heterocycles. The average molecular weight is 317 g/mol. The van der Waals surface area contributed by atoms with E-state index in [4.69, 9.17) is 4.74 Å². The van der Waals surface area contributed by atoms with Crippen molar-refractivity contribution in [2.24, 2.45) is 0 Å². The predicted octanol–water partition coefficient (Wildman–Crippen LogP) is 3.93. The number of phenols is 1. The quantitative estimate of drug-likeness (QED) is 0.843. The van der Waals surface area contributed by atoms with Crippen LogP contribution in [0.3, 0.4) is 0 Å². The van der Waals surface area contributed by atoms with Crippen molar-refractivity contribution in [2.45, 2.75) is 16.0 Å². The molecule has 2 aromatic rings. The van der Waals surface area contributed by atoms with Gasteiger partial charge in [0.05, 0.1) is 12.7 Å². The zero-order valence-electron chi connectivity index (χ0n) is 10.9. The van der Waals surface area contributed by atoms with Crippen LogP contribution in [0.5, 0.6) is 11.5 Å². The molecule has 2 rings (SSSR count). The van der Waals surface area contributed by atoms with Gasteiger partial charge in [-0.15, -0.1) is 0 Å². The van der Waals surface area contributed by atoms with Gasteiger partial charge in [0.15, 0.2) is 21.3 Å². The van der Waals surface area contributed by atoms with E-state index >= 15 is 0 Å². The van der Waals surface area contributed by atoms with Gasteiger partial charge in [0.2, 0.25) is 11.2 Å². The second-order valence-corrected chi connectivity index (χ2v) is 5.65. The first-order valence-electron chi connectivity index (χ1n) is 5.80. The van der Waals surface area contributed by atoms with E-state index in [1.807, 2.05) is 0 Å². The first kappa shape index (κ1) is 15.5. The number of benzene rings is 2. The van der Waals surface area contributed by atoms with Crippen LogP contribution in [0.25, 0.3) is 0 Å². The Hall–Kier alpha value is -1.86. The van der Waals surface area contributed by atoms with E-state index in [0.29, 0.717) is 9.79 Å². The van der Waals surface area contributed by atoms with Crippen molar-refractivity contribution in [3.05, 3.63) is 48.0 Å². The molecule has 0 amide bonds. The van der Waals surface area contributed by atoms with Gasteiger partial charge < -0.3 is 9.84 Å². The molecule has 0 bridgehead atoms. The molecule has 7 heteroatoms. The highest BCUT2D eigenvalue weighted by molar-refractivity contribution is 7.91. The Morgan fingerprint density at radius 2 is 1.57 bits per heavy atom. The highest BCUT2D eigenvalue weighted by atomic mass is 32.2. The molecule has 1 atom stereocenters. The highest BCUT2D eigenvalue weighted by Gasteiger charge is 2.32. The lowest BCUT2D eigenvalue weighted by Gasteiger charge is -2.07. The molecule has 1 unspecified atom stereocenters. The number of hydrogen-bond donors (Lipinski definition) is 2. The molecule has 0 heterocycles. The summed E-state index contributed by atoms with van der Waals surface area (Å²) in [5, 5.41) is 9.48. The lowest BCUT2D eigenvalue weighted by Crippen LogP contribution is -2.06. The normalized spacial score (nSPS) is 13.0. The molecule has 2 aromatic carbocycles. The summed E-state index contributed by atoms with van der Waals surface area (Å²) < 4.78 is 52.6. The van der Waals surface area contributed by atoms with E-state index in [0.717, 1.165) is 12.1 Å². The fourth-order valence-corrected chi connectivity index (χ4v) is 2.77. The van der Waals surface area contributed by atoms with E-state index in [1.54, 1.807) is 0 Å². The number of halogens is 3. The predicted molar refractivity (Wildman–Crippen MR) is 72.6 cm³/mol. The number of hydrogen-bond acceptors (Lipinski definition) is 3. The minimum absolute atomic E-state index is 0.0781. The van der Waals surface area contributed by atoms with Crippen molar-refractivity contribution in [2.75, 3.05) is 7.11 Å². The molecular weight excluding hydrogens is 305 g/mol. The minimum atomic E-state index is -4.41. The molecule has 0 spiro atoms. The van der Waals surface area contributed by atoms with Crippen LogP contribution in [-0.2, 0) is 17.4 Å². The molecule has 0 aliphatic heterocycles. The summed E-state index contributed by atoms with van der Waals surface area (Å²) in [6, 6.07) is 8.58. The third kappa shape index (κ3) is 3.43. The number of phenolic OH excluding ortho intramolecular Hbond substituents is 1. The van der Waals surface area contributed by atoms with Crippen LogP contribution in [0.2, 0.25) is 0 Å². The maximum absolute atomic E-state index is 12.5. The number of alkyl halides is 3. The van der Waals surface area contributed by atoms with Gasteiger partial charge in [-0.05, 0) is 30.3 Å². The van der Waals surface area contributed by atoms with Crippen LogP contribution in [0, 0.1) is 0 Å². The number of rotatable bonds is 3. The standard InChI is InChI=1S/C14H11F3O3S/c1-20-13-8-11(6-7-12(13)18)21(19)10-4-2-9(3-5-10)14(15,16)17/h2-8,19H,1H3/p+1. The van der Waals surface area contributed by atoms with Crippen molar-refractivity contribution in [3.63, 3.8) is 0 Å². The third-order valence-electron chi connectivity index (χ3n) is 2.78. The van der Waals surface area contributed by atoms with Gasteiger partial charge in [0, 0.05) is 12.1 Å². The van der Waals surface area contributed by atoms with Crippen molar-refractivity contribution >= 4 is 11.2 Å². The summed E-state index contributed by atoms with van der Waals surface area (Å²) in [6.07, 6.45) is -4.41. The Labute approximate surface area is 122 Å². The molecule has 0 aliphatic carbocycles. The van der Waals surface area contributed by atoms with Gasteiger partial charge >= 0.3 is 6.18 Å². The van der Waals surface area contributed by atoms with Crippen molar-refractivity contribution < 1.29 is 27.6 Å². The van der Waals surface area contributed by atoms with Crippen LogP contribution in [0.15, 0.2) is 52.3 Å². The highest BCUT2D eigenvalue weighted by Crippen LogP contribution is 2.33. The molecule has 2 N–H and O–H groups in total. The van der Waals surface area contributed by atoms with Gasteiger partial charge in [0.1, 0.15) is 0 Å². The van der Waals surface area contributed by atoms with Gasteiger partial charge in [-0.2, -0.15) is 17.7 Å². The Kier molecular flexibility index (Phi) is 4.34. The van der Waals surface area contributed by atoms with Gasteiger partial charge in [0.25, 0.3) is 0 Å².